The molecule has 0 saturated heterocycles. The van der Waals surface area contributed by atoms with Gasteiger partial charge in [0, 0.05) is 13.2 Å². The van der Waals surface area contributed by atoms with Crippen LogP contribution in [0.2, 0.25) is 0 Å². The van der Waals surface area contributed by atoms with Crippen molar-refractivity contribution in [3.8, 4) is 11.1 Å². The Balaban J connectivity index is 2.14. The van der Waals surface area contributed by atoms with Crippen LogP contribution >= 0.6 is 0 Å². The third kappa shape index (κ3) is 4.19. The molecule has 2 aromatic rings. The molecule has 0 fully saturated rings. The second-order valence-electron chi connectivity index (χ2n) is 5.46. The molecule has 2 rings (SSSR count). The first-order valence-corrected chi connectivity index (χ1v) is 7.13. The number of aliphatic hydroxyl groups is 1. The van der Waals surface area contributed by atoms with Crippen LogP contribution < -0.4 is 0 Å². The molecule has 106 valence electrons. The van der Waals surface area contributed by atoms with Gasteiger partial charge in [-0.3, -0.25) is 0 Å². The van der Waals surface area contributed by atoms with E-state index in [-0.39, 0.29) is 6.61 Å². The average molecular weight is 269 g/mol. The van der Waals surface area contributed by atoms with Crippen molar-refractivity contribution in [2.45, 2.75) is 19.4 Å². The Morgan fingerprint density at radius 3 is 2.30 bits per heavy atom. The predicted molar refractivity (Wildman–Crippen MR) is 84.7 cm³/mol. The number of aliphatic hydroxyl groups excluding tert-OH is 1. The number of rotatable bonds is 6. The second kappa shape index (κ2) is 7.22. The van der Waals surface area contributed by atoms with Gasteiger partial charge in [0.15, 0.2) is 0 Å². The molecule has 0 heterocycles. The predicted octanol–water partition coefficient (Wildman–Crippen LogP) is 3.34. The first-order chi connectivity index (χ1) is 9.69. The first kappa shape index (κ1) is 14.8. The van der Waals surface area contributed by atoms with Crippen molar-refractivity contribution in [2.75, 3.05) is 20.7 Å². The molecule has 0 spiro atoms. The fraction of sp³-hybridized carbons (Fsp3) is 0.333. The van der Waals surface area contributed by atoms with E-state index in [0.717, 1.165) is 19.4 Å². The molecule has 2 nitrogen and oxygen atoms in total. The standard InChI is InChI=1S/C18H23NO/c1-19(2)14-16-5-3-7-18(13-16)17-10-8-15(9-11-17)6-4-12-20/h3,5,7-11,13,20H,4,6,12,14H2,1-2H3. The Kier molecular flexibility index (Phi) is 5.33. The van der Waals surface area contributed by atoms with Crippen LogP contribution in [-0.4, -0.2) is 30.7 Å². The normalized spacial score (nSPS) is 11.0. The molecule has 0 aliphatic rings. The third-order valence-corrected chi connectivity index (χ3v) is 3.34. The number of nitrogens with zero attached hydrogens (tertiary/aromatic N) is 1. The largest absolute Gasteiger partial charge is 0.396 e. The van der Waals surface area contributed by atoms with Crippen molar-refractivity contribution in [2.24, 2.45) is 0 Å². The van der Waals surface area contributed by atoms with Crippen LogP contribution in [0.1, 0.15) is 17.5 Å². The molecule has 2 aromatic carbocycles. The molecule has 20 heavy (non-hydrogen) atoms. The van der Waals surface area contributed by atoms with E-state index in [0.29, 0.717) is 0 Å². The number of hydrogen-bond donors (Lipinski definition) is 1. The summed E-state index contributed by atoms with van der Waals surface area (Å²) in [5.41, 5.74) is 5.13. The SMILES string of the molecule is CN(C)Cc1cccc(-c2ccc(CCCO)cc2)c1. The molecular weight excluding hydrogens is 246 g/mol. The molecule has 0 aliphatic carbocycles. The molecule has 0 unspecified atom stereocenters. The third-order valence-electron chi connectivity index (χ3n) is 3.34. The highest BCUT2D eigenvalue weighted by atomic mass is 16.2. The van der Waals surface area contributed by atoms with Gasteiger partial charge in [-0.1, -0.05) is 42.5 Å². The lowest BCUT2D eigenvalue weighted by atomic mass is 10.0. The van der Waals surface area contributed by atoms with Crippen LogP contribution in [0.15, 0.2) is 48.5 Å². The summed E-state index contributed by atoms with van der Waals surface area (Å²) in [6.07, 6.45) is 1.77. The van der Waals surface area contributed by atoms with Crippen LogP contribution in [0.3, 0.4) is 0 Å². The lowest BCUT2D eigenvalue weighted by Gasteiger charge is -2.11. The highest BCUT2D eigenvalue weighted by Gasteiger charge is 2.01. The van der Waals surface area contributed by atoms with Crippen molar-refractivity contribution in [1.82, 2.24) is 4.90 Å². The smallest absolute Gasteiger partial charge is 0.0434 e. The van der Waals surface area contributed by atoms with Gasteiger partial charge >= 0.3 is 0 Å². The summed E-state index contributed by atoms with van der Waals surface area (Å²) in [7, 11) is 4.17. The van der Waals surface area contributed by atoms with Gasteiger partial charge < -0.3 is 10.0 Å². The molecule has 2 heteroatoms. The van der Waals surface area contributed by atoms with E-state index < -0.39 is 0 Å². The zero-order chi connectivity index (χ0) is 14.4. The molecular formula is C18H23NO. The fourth-order valence-electron chi connectivity index (χ4n) is 2.36. The Morgan fingerprint density at radius 2 is 1.65 bits per heavy atom. The van der Waals surface area contributed by atoms with Gasteiger partial charge in [0.05, 0.1) is 0 Å². The highest BCUT2D eigenvalue weighted by Crippen LogP contribution is 2.21. The molecule has 0 saturated carbocycles. The summed E-state index contributed by atoms with van der Waals surface area (Å²) in [5.74, 6) is 0. The highest BCUT2D eigenvalue weighted by molar-refractivity contribution is 5.64. The summed E-state index contributed by atoms with van der Waals surface area (Å²) >= 11 is 0. The Labute approximate surface area is 121 Å². The summed E-state index contributed by atoms with van der Waals surface area (Å²) in [4.78, 5) is 2.18. The van der Waals surface area contributed by atoms with Crippen molar-refractivity contribution < 1.29 is 5.11 Å². The summed E-state index contributed by atoms with van der Waals surface area (Å²) in [6, 6.07) is 17.3. The lowest BCUT2D eigenvalue weighted by Crippen LogP contribution is -2.10. The van der Waals surface area contributed by atoms with Crippen LogP contribution in [0.5, 0.6) is 0 Å². The Hall–Kier alpha value is -1.64. The van der Waals surface area contributed by atoms with E-state index in [1.54, 1.807) is 0 Å². The summed E-state index contributed by atoms with van der Waals surface area (Å²) < 4.78 is 0. The lowest BCUT2D eigenvalue weighted by molar-refractivity contribution is 0.288. The number of benzene rings is 2. The summed E-state index contributed by atoms with van der Waals surface area (Å²) in [6.45, 7) is 1.22. The zero-order valence-corrected chi connectivity index (χ0v) is 12.3. The van der Waals surface area contributed by atoms with Crippen LogP contribution in [0, 0.1) is 0 Å². The van der Waals surface area contributed by atoms with Gasteiger partial charge in [-0.25, -0.2) is 0 Å². The molecule has 0 atom stereocenters. The topological polar surface area (TPSA) is 23.5 Å². The maximum absolute atomic E-state index is 8.86. The monoisotopic (exact) mass is 269 g/mol. The van der Waals surface area contributed by atoms with E-state index in [1.807, 2.05) is 0 Å². The van der Waals surface area contributed by atoms with E-state index >= 15 is 0 Å². The minimum Gasteiger partial charge on any atom is -0.396 e. The maximum Gasteiger partial charge on any atom is 0.0434 e. The van der Waals surface area contributed by atoms with Crippen LogP contribution in [0.25, 0.3) is 11.1 Å². The molecule has 0 amide bonds. The number of aryl methyl sites for hydroxylation is 1. The molecule has 1 N–H and O–H groups in total. The van der Waals surface area contributed by atoms with Crippen molar-refractivity contribution in [3.63, 3.8) is 0 Å². The van der Waals surface area contributed by atoms with Gasteiger partial charge in [-0.05, 0) is 55.3 Å². The quantitative estimate of drug-likeness (QED) is 0.869. The van der Waals surface area contributed by atoms with Crippen molar-refractivity contribution >= 4 is 0 Å². The zero-order valence-electron chi connectivity index (χ0n) is 12.3. The van der Waals surface area contributed by atoms with Gasteiger partial charge in [-0.2, -0.15) is 0 Å². The Morgan fingerprint density at radius 1 is 0.900 bits per heavy atom. The van der Waals surface area contributed by atoms with Gasteiger partial charge in [-0.15, -0.1) is 0 Å². The first-order valence-electron chi connectivity index (χ1n) is 7.13. The molecule has 0 aromatic heterocycles. The van der Waals surface area contributed by atoms with Crippen LogP contribution in [-0.2, 0) is 13.0 Å². The van der Waals surface area contributed by atoms with Crippen molar-refractivity contribution in [1.29, 1.82) is 0 Å². The molecule has 0 radical (unpaired) electrons. The fourth-order valence-corrected chi connectivity index (χ4v) is 2.36. The average Bonchev–Trinajstić information content (AvgIpc) is 2.45. The Bertz CT molecular complexity index is 531. The van der Waals surface area contributed by atoms with Gasteiger partial charge in [0.25, 0.3) is 0 Å². The van der Waals surface area contributed by atoms with Gasteiger partial charge in [0.2, 0.25) is 0 Å². The second-order valence-corrected chi connectivity index (χ2v) is 5.46. The number of hydrogen-bond acceptors (Lipinski definition) is 2. The van der Waals surface area contributed by atoms with Crippen LogP contribution in [0.4, 0.5) is 0 Å². The van der Waals surface area contributed by atoms with E-state index in [9.17, 15) is 0 Å². The summed E-state index contributed by atoms with van der Waals surface area (Å²) in [5, 5.41) is 8.86. The van der Waals surface area contributed by atoms with Crippen molar-refractivity contribution in [3.05, 3.63) is 59.7 Å². The van der Waals surface area contributed by atoms with E-state index in [2.05, 4.69) is 67.5 Å². The van der Waals surface area contributed by atoms with Gasteiger partial charge in [0.1, 0.15) is 0 Å². The molecule has 0 aliphatic heterocycles. The van der Waals surface area contributed by atoms with E-state index in [1.165, 1.54) is 22.3 Å². The maximum atomic E-state index is 8.86. The minimum absolute atomic E-state index is 0.258. The molecule has 0 bridgehead atoms. The minimum atomic E-state index is 0.258. The van der Waals surface area contributed by atoms with E-state index in [4.69, 9.17) is 5.11 Å².